The molecule has 1 aliphatic heterocycles. The average molecular weight is 462 g/mol. The van der Waals surface area contributed by atoms with Crippen molar-refractivity contribution in [3.63, 3.8) is 0 Å². The molecule has 0 bridgehead atoms. The van der Waals surface area contributed by atoms with Crippen molar-refractivity contribution in [3.05, 3.63) is 64.5 Å². The summed E-state index contributed by atoms with van der Waals surface area (Å²) in [6.45, 7) is 1.16. The second kappa shape index (κ2) is 9.58. The number of furan rings is 1. The lowest BCUT2D eigenvalue weighted by Crippen LogP contribution is -2.46. The van der Waals surface area contributed by atoms with Crippen molar-refractivity contribution in [2.75, 3.05) is 13.1 Å². The number of halogens is 2. The van der Waals surface area contributed by atoms with Crippen molar-refractivity contribution in [2.45, 2.75) is 31.7 Å². The molecule has 3 heterocycles. The van der Waals surface area contributed by atoms with Gasteiger partial charge in [-0.3, -0.25) is 9.59 Å². The fourth-order valence-electron chi connectivity index (χ4n) is 3.54. The number of hydrogen-bond donors (Lipinski definition) is 1. The Kier molecular flexibility index (Phi) is 6.63. The third-order valence-electron chi connectivity index (χ3n) is 5.20. The third-order valence-corrected chi connectivity index (χ3v) is 5.74. The minimum atomic E-state index is -0.115. The highest BCUT2D eigenvalue weighted by Gasteiger charge is 2.25. The number of rotatable bonds is 6. The Labute approximate surface area is 189 Å². The molecule has 3 aromatic rings. The zero-order chi connectivity index (χ0) is 21.8. The molecule has 1 fully saturated rings. The lowest BCUT2D eigenvalue weighted by atomic mass is 10.0. The van der Waals surface area contributed by atoms with Crippen LogP contribution in [0.1, 0.15) is 35.7 Å². The van der Waals surface area contributed by atoms with Crippen LogP contribution in [0, 0.1) is 0 Å². The van der Waals surface area contributed by atoms with Crippen LogP contribution in [-0.2, 0) is 11.2 Å². The molecule has 31 heavy (non-hydrogen) atoms. The minimum Gasteiger partial charge on any atom is -0.459 e. The molecule has 0 radical (unpaired) electrons. The summed E-state index contributed by atoms with van der Waals surface area (Å²) in [6, 6.07) is 8.53. The molecule has 9 heteroatoms. The first-order valence-electron chi connectivity index (χ1n) is 10.0. The quantitative estimate of drug-likeness (QED) is 0.579. The van der Waals surface area contributed by atoms with Gasteiger partial charge in [0.1, 0.15) is 0 Å². The van der Waals surface area contributed by atoms with Crippen LogP contribution in [-0.4, -0.2) is 40.8 Å². The number of carbonyl (C=O) groups is 2. The fraction of sp³-hybridized carbons (Fsp3) is 0.318. The van der Waals surface area contributed by atoms with E-state index in [1.807, 2.05) is 0 Å². The number of nitrogens with zero attached hydrogens (tertiary/aromatic N) is 2. The van der Waals surface area contributed by atoms with Gasteiger partial charge in [-0.15, -0.1) is 0 Å². The predicted octanol–water partition coefficient (Wildman–Crippen LogP) is 4.60. The summed E-state index contributed by atoms with van der Waals surface area (Å²) in [5.74, 6) is 1.16. The van der Waals surface area contributed by atoms with Crippen molar-refractivity contribution < 1.29 is 18.4 Å². The molecule has 2 amide bonds. The van der Waals surface area contributed by atoms with E-state index in [4.69, 9.17) is 32.0 Å². The highest BCUT2D eigenvalue weighted by Crippen LogP contribution is 2.30. The van der Waals surface area contributed by atoms with Gasteiger partial charge in [-0.05, 0) is 43.2 Å². The Balaban J connectivity index is 1.23. The monoisotopic (exact) mass is 461 g/mol. The summed E-state index contributed by atoms with van der Waals surface area (Å²) in [7, 11) is 0. The van der Waals surface area contributed by atoms with Crippen LogP contribution < -0.4 is 5.32 Å². The number of aryl methyl sites for hydroxylation is 1. The first kappa shape index (κ1) is 21.5. The Morgan fingerprint density at radius 3 is 2.71 bits per heavy atom. The van der Waals surface area contributed by atoms with Crippen molar-refractivity contribution in [1.82, 2.24) is 15.2 Å². The van der Waals surface area contributed by atoms with Gasteiger partial charge in [-0.2, -0.15) is 0 Å². The van der Waals surface area contributed by atoms with Gasteiger partial charge in [0.25, 0.3) is 5.91 Å². The number of nitrogens with one attached hydrogen (secondary N) is 1. The molecule has 2 aromatic heterocycles. The standard InChI is InChI=1S/C22H21Cl2N3O4/c23-14-3-4-16(17(24)12-14)19-13-25-21(31-19)6-5-20(28)26-15-7-9-27(10-8-15)22(29)18-2-1-11-30-18/h1-4,11-13,15H,5-10H2,(H,26,28). The van der Waals surface area contributed by atoms with Crippen LogP contribution in [0.2, 0.25) is 10.0 Å². The average Bonchev–Trinajstić information content (AvgIpc) is 3.45. The zero-order valence-corrected chi connectivity index (χ0v) is 18.2. The molecule has 7 nitrogen and oxygen atoms in total. The van der Waals surface area contributed by atoms with Gasteiger partial charge < -0.3 is 19.1 Å². The maximum atomic E-state index is 12.3. The number of aromatic nitrogens is 1. The van der Waals surface area contributed by atoms with Gasteiger partial charge in [0.05, 0.1) is 17.5 Å². The van der Waals surface area contributed by atoms with Gasteiger partial charge in [0, 0.05) is 42.6 Å². The first-order valence-corrected chi connectivity index (χ1v) is 10.8. The van der Waals surface area contributed by atoms with E-state index in [9.17, 15) is 9.59 Å². The Morgan fingerprint density at radius 1 is 1.19 bits per heavy atom. The van der Waals surface area contributed by atoms with E-state index in [1.54, 1.807) is 41.4 Å². The molecule has 4 rings (SSSR count). The number of amides is 2. The third kappa shape index (κ3) is 5.29. The van der Waals surface area contributed by atoms with Gasteiger partial charge >= 0.3 is 0 Å². The highest BCUT2D eigenvalue weighted by molar-refractivity contribution is 6.36. The number of likely N-dealkylation sites (tertiary alicyclic amines) is 1. The fourth-order valence-corrected chi connectivity index (χ4v) is 4.04. The highest BCUT2D eigenvalue weighted by atomic mass is 35.5. The smallest absolute Gasteiger partial charge is 0.289 e. The maximum Gasteiger partial charge on any atom is 0.289 e. The number of benzene rings is 1. The van der Waals surface area contributed by atoms with Crippen LogP contribution in [0.25, 0.3) is 11.3 Å². The van der Waals surface area contributed by atoms with Crippen LogP contribution in [0.5, 0.6) is 0 Å². The number of carbonyl (C=O) groups excluding carboxylic acids is 2. The van der Waals surface area contributed by atoms with E-state index in [1.165, 1.54) is 6.26 Å². The lowest BCUT2D eigenvalue weighted by molar-refractivity contribution is -0.122. The van der Waals surface area contributed by atoms with Gasteiger partial charge in [0.2, 0.25) is 5.91 Å². The van der Waals surface area contributed by atoms with Crippen molar-refractivity contribution in [2.24, 2.45) is 0 Å². The molecular weight excluding hydrogens is 441 g/mol. The summed E-state index contributed by atoms with van der Waals surface area (Å²) in [5, 5.41) is 4.05. The Morgan fingerprint density at radius 2 is 2.00 bits per heavy atom. The Hall–Kier alpha value is -2.77. The van der Waals surface area contributed by atoms with E-state index in [-0.39, 0.29) is 24.3 Å². The van der Waals surface area contributed by atoms with Gasteiger partial charge in [0.15, 0.2) is 17.4 Å². The van der Waals surface area contributed by atoms with Crippen molar-refractivity contribution >= 4 is 35.0 Å². The summed E-state index contributed by atoms with van der Waals surface area (Å²) in [4.78, 5) is 30.6. The second-order valence-electron chi connectivity index (χ2n) is 7.35. The van der Waals surface area contributed by atoms with Crippen LogP contribution >= 0.6 is 23.2 Å². The number of oxazole rings is 1. The largest absolute Gasteiger partial charge is 0.459 e. The van der Waals surface area contributed by atoms with E-state index in [0.29, 0.717) is 65.4 Å². The van der Waals surface area contributed by atoms with E-state index in [2.05, 4.69) is 10.3 Å². The van der Waals surface area contributed by atoms with E-state index >= 15 is 0 Å². The van der Waals surface area contributed by atoms with Crippen LogP contribution in [0.4, 0.5) is 0 Å². The molecular formula is C22H21Cl2N3O4. The van der Waals surface area contributed by atoms with Crippen molar-refractivity contribution in [1.29, 1.82) is 0 Å². The summed E-state index contributed by atoms with van der Waals surface area (Å²) in [5.41, 5.74) is 0.699. The van der Waals surface area contributed by atoms with E-state index < -0.39 is 0 Å². The predicted molar refractivity (Wildman–Crippen MR) is 116 cm³/mol. The van der Waals surface area contributed by atoms with Gasteiger partial charge in [-0.1, -0.05) is 23.2 Å². The zero-order valence-electron chi connectivity index (χ0n) is 16.6. The molecule has 1 N–H and O–H groups in total. The summed E-state index contributed by atoms with van der Waals surface area (Å²) < 4.78 is 10.9. The molecule has 1 aliphatic rings. The van der Waals surface area contributed by atoms with Crippen LogP contribution in [0.15, 0.2) is 51.6 Å². The topological polar surface area (TPSA) is 88.6 Å². The number of piperidine rings is 1. The summed E-state index contributed by atoms with van der Waals surface area (Å²) >= 11 is 12.1. The molecule has 0 spiro atoms. The number of hydrogen-bond acceptors (Lipinski definition) is 5. The molecule has 162 valence electrons. The second-order valence-corrected chi connectivity index (χ2v) is 8.20. The minimum absolute atomic E-state index is 0.0427. The van der Waals surface area contributed by atoms with Crippen molar-refractivity contribution in [3.8, 4) is 11.3 Å². The van der Waals surface area contributed by atoms with Crippen LogP contribution in [0.3, 0.4) is 0 Å². The SMILES string of the molecule is O=C(CCc1ncc(-c2ccc(Cl)cc2Cl)o1)NC1CCN(C(=O)c2ccco2)CC1. The molecule has 0 saturated carbocycles. The summed E-state index contributed by atoms with van der Waals surface area (Å²) in [6.07, 6.45) is 5.13. The lowest BCUT2D eigenvalue weighted by Gasteiger charge is -2.31. The molecule has 1 saturated heterocycles. The van der Waals surface area contributed by atoms with Gasteiger partial charge in [-0.25, -0.2) is 4.98 Å². The molecule has 0 aliphatic carbocycles. The first-order chi connectivity index (χ1) is 15.0. The normalized spacial score (nSPS) is 14.6. The molecule has 0 unspecified atom stereocenters. The molecule has 1 aromatic carbocycles. The Bertz CT molecular complexity index is 1060. The van der Waals surface area contributed by atoms with E-state index in [0.717, 1.165) is 0 Å². The maximum absolute atomic E-state index is 12.3. The molecule has 0 atom stereocenters.